The van der Waals surface area contributed by atoms with Crippen LogP contribution in [0, 0.1) is 17.7 Å². The molecular weight excluding hydrogens is 255 g/mol. The quantitative estimate of drug-likeness (QED) is 0.665. The predicted molar refractivity (Wildman–Crippen MR) is 68.5 cm³/mol. The molecule has 1 rings (SSSR count). The highest BCUT2D eigenvalue weighted by atomic mass is 32.2. The Morgan fingerprint density at radius 1 is 1.56 bits per heavy atom. The van der Waals surface area contributed by atoms with Crippen molar-refractivity contribution >= 4 is 17.7 Å². The number of carbonyl (C=O) groups excluding carboxylic acids is 1. The molecule has 0 amide bonds. The first kappa shape index (κ1) is 14.6. The van der Waals surface area contributed by atoms with E-state index in [-0.39, 0.29) is 24.1 Å². The molecule has 0 heterocycles. The van der Waals surface area contributed by atoms with Crippen LogP contribution in [0.5, 0.6) is 0 Å². The molecule has 0 fully saturated rings. The van der Waals surface area contributed by atoms with E-state index in [0.29, 0.717) is 11.3 Å². The number of aliphatic hydroxyl groups is 1. The van der Waals surface area contributed by atoms with Crippen LogP contribution in [0.1, 0.15) is 11.1 Å². The molecule has 1 N–H and O–H groups in total. The molecule has 5 heteroatoms. The number of hydrogen-bond acceptors (Lipinski definition) is 4. The fourth-order valence-corrected chi connectivity index (χ4v) is 2.09. The van der Waals surface area contributed by atoms with Gasteiger partial charge in [0.15, 0.2) is 0 Å². The lowest BCUT2D eigenvalue weighted by Crippen LogP contribution is -2.03. The SMILES string of the molecule is COC(=O)CSCc1ccc(F)cc1C#CCO. The van der Waals surface area contributed by atoms with Crippen molar-refractivity contribution in [3.63, 3.8) is 0 Å². The zero-order valence-corrected chi connectivity index (χ0v) is 10.7. The molecule has 1 aromatic carbocycles. The summed E-state index contributed by atoms with van der Waals surface area (Å²) >= 11 is 1.37. The second-order valence-corrected chi connectivity index (χ2v) is 4.32. The van der Waals surface area contributed by atoms with E-state index in [2.05, 4.69) is 16.6 Å². The first-order valence-corrected chi connectivity index (χ1v) is 6.35. The Bertz CT molecular complexity index is 477. The Hall–Kier alpha value is -1.51. The lowest BCUT2D eigenvalue weighted by Gasteiger charge is -2.04. The summed E-state index contributed by atoms with van der Waals surface area (Å²) in [6.45, 7) is -0.273. The Kier molecular flexibility index (Phi) is 6.26. The second kappa shape index (κ2) is 7.75. The topological polar surface area (TPSA) is 46.5 Å². The summed E-state index contributed by atoms with van der Waals surface area (Å²) in [5.41, 5.74) is 1.35. The van der Waals surface area contributed by atoms with Crippen molar-refractivity contribution in [1.29, 1.82) is 0 Å². The second-order valence-electron chi connectivity index (χ2n) is 3.33. The molecule has 1 aromatic rings. The van der Waals surface area contributed by atoms with Crippen LogP contribution in [0.2, 0.25) is 0 Å². The first-order valence-electron chi connectivity index (χ1n) is 5.20. The Balaban J connectivity index is 2.72. The van der Waals surface area contributed by atoms with Gasteiger partial charge in [0.05, 0.1) is 12.9 Å². The number of rotatable bonds is 4. The van der Waals surface area contributed by atoms with Gasteiger partial charge in [0.2, 0.25) is 0 Å². The molecule has 0 aliphatic carbocycles. The summed E-state index contributed by atoms with van der Waals surface area (Å²) in [7, 11) is 1.33. The third kappa shape index (κ3) is 4.78. The number of esters is 1. The van der Waals surface area contributed by atoms with Gasteiger partial charge in [-0.1, -0.05) is 17.9 Å². The van der Waals surface area contributed by atoms with Crippen LogP contribution in [0.4, 0.5) is 4.39 Å². The third-order valence-electron chi connectivity index (χ3n) is 2.08. The van der Waals surface area contributed by atoms with Gasteiger partial charge in [0.25, 0.3) is 0 Å². The Morgan fingerprint density at radius 2 is 2.33 bits per heavy atom. The normalized spacial score (nSPS) is 9.50. The van der Waals surface area contributed by atoms with Crippen LogP contribution in [0.15, 0.2) is 18.2 Å². The predicted octanol–water partition coefficient (Wildman–Crippen LogP) is 1.58. The molecule has 96 valence electrons. The fourth-order valence-electron chi connectivity index (χ4n) is 1.23. The van der Waals surface area contributed by atoms with Gasteiger partial charge in [-0.3, -0.25) is 4.79 Å². The van der Waals surface area contributed by atoms with E-state index in [0.717, 1.165) is 5.56 Å². The molecule has 0 aliphatic rings. The van der Waals surface area contributed by atoms with E-state index in [1.165, 1.54) is 31.0 Å². The number of hydrogen-bond donors (Lipinski definition) is 1. The molecule has 0 aromatic heterocycles. The van der Waals surface area contributed by atoms with E-state index < -0.39 is 0 Å². The van der Waals surface area contributed by atoms with Gasteiger partial charge < -0.3 is 9.84 Å². The fraction of sp³-hybridized carbons (Fsp3) is 0.308. The summed E-state index contributed by atoms with van der Waals surface area (Å²) in [5.74, 6) is 5.26. The summed E-state index contributed by atoms with van der Waals surface area (Å²) < 4.78 is 17.6. The zero-order valence-electron chi connectivity index (χ0n) is 9.90. The van der Waals surface area contributed by atoms with Crippen molar-refractivity contribution in [3.05, 3.63) is 35.1 Å². The molecule has 3 nitrogen and oxygen atoms in total. The maximum Gasteiger partial charge on any atom is 0.315 e. The van der Waals surface area contributed by atoms with Crippen LogP contribution in [-0.4, -0.2) is 30.5 Å². The standard InChI is InChI=1S/C13H13FO3S/c1-17-13(16)9-18-8-11-4-5-12(14)7-10(11)3-2-6-15/h4-5,7,15H,6,8-9H2,1H3. The van der Waals surface area contributed by atoms with E-state index in [1.807, 2.05) is 0 Å². The van der Waals surface area contributed by atoms with Gasteiger partial charge in [0.1, 0.15) is 12.4 Å². The number of aliphatic hydroxyl groups excluding tert-OH is 1. The Labute approximate surface area is 109 Å². The molecule has 0 bridgehead atoms. The van der Waals surface area contributed by atoms with Gasteiger partial charge in [-0.2, -0.15) is 0 Å². The summed E-state index contributed by atoms with van der Waals surface area (Å²) in [5, 5.41) is 8.63. The molecule has 18 heavy (non-hydrogen) atoms. The zero-order chi connectivity index (χ0) is 13.4. The molecule has 0 aliphatic heterocycles. The summed E-state index contributed by atoms with van der Waals surface area (Å²) in [6.07, 6.45) is 0. The molecule has 0 saturated carbocycles. The van der Waals surface area contributed by atoms with Crippen molar-refractivity contribution in [3.8, 4) is 11.8 Å². The van der Waals surface area contributed by atoms with E-state index in [9.17, 15) is 9.18 Å². The molecule has 0 radical (unpaired) electrons. The van der Waals surface area contributed by atoms with Gasteiger partial charge >= 0.3 is 5.97 Å². The van der Waals surface area contributed by atoms with Crippen molar-refractivity contribution in [2.45, 2.75) is 5.75 Å². The number of thioether (sulfide) groups is 1. The summed E-state index contributed by atoms with van der Waals surface area (Å²) in [4.78, 5) is 10.9. The smallest absolute Gasteiger partial charge is 0.315 e. The molecule has 0 unspecified atom stereocenters. The minimum atomic E-state index is -0.376. The highest BCUT2D eigenvalue weighted by Gasteiger charge is 2.05. The first-order chi connectivity index (χ1) is 8.67. The average Bonchev–Trinajstić information content (AvgIpc) is 2.38. The van der Waals surface area contributed by atoms with Crippen molar-refractivity contribution in [2.75, 3.05) is 19.5 Å². The molecule has 0 spiro atoms. The van der Waals surface area contributed by atoms with Crippen molar-refractivity contribution < 1.29 is 19.0 Å². The largest absolute Gasteiger partial charge is 0.468 e. The van der Waals surface area contributed by atoms with E-state index in [1.54, 1.807) is 6.07 Å². The number of ether oxygens (including phenoxy) is 1. The minimum Gasteiger partial charge on any atom is -0.468 e. The van der Waals surface area contributed by atoms with Crippen molar-refractivity contribution in [1.82, 2.24) is 0 Å². The number of benzene rings is 1. The number of halogens is 1. The van der Waals surface area contributed by atoms with E-state index >= 15 is 0 Å². The molecular formula is C13H13FO3S. The van der Waals surface area contributed by atoms with E-state index in [4.69, 9.17) is 5.11 Å². The van der Waals surface area contributed by atoms with Crippen LogP contribution >= 0.6 is 11.8 Å². The molecule has 0 atom stereocenters. The van der Waals surface area contributed by atoms with Crippen LogP contribution < -0.4 is 0 Å². The Morgan fingerprint density at radius 3 is 3.00 bits per heavy atom. The highest BCUT2D eigenvalue weighted by molar-refractivity contribution is 7.99. The minimum absolute atomic E-state index is 0.237. The summed E-state index contributed by atoms with van der Waals surface area (Å²) in [6, 6.07) is 4.29. The van der Waals surface area contributed by atoms with Crippen LogP contribution in [0.3, 0.4) is 0 Å². The maximum absolute atomic E-state index is 13.1. The van der Waals surface area contributed by atoms with Gasteiger partial charge in [-0.05, 0) is 17.7 Å². The highest BCUT2D eigenvalue weighted by Crippen LogP contribution is 2.17. The monoisotopic (exact) mass is 268 g/mol. The van der Waals surface area contributed by atoms with Crippen molar-refractivity contribution in [2.24, 2.45) is 0 Å². The van der Waals surface area contributed by atoms with Gasteiger partial charge in [0, 0.05) is 11.3 Å². The van der Waals surface area contributed by atoms with Gasteiger partial charge in [-0.15, -0.1) is 11.8 Å². The number of carbonyl (C=O) groups is 1. The number of methoxy groups -OCH3 is 1. The third-order valence-corrected chi connectivity index (χ3v) is 3.03. The molecule has 0 saturated heterocycles. The lowest BCUT2D eigenvalue weighted by molar-refractivity contribution is -0.137. The maximum atomic E-state index is 13.1. The van der Waals surface area contributed by atoms with Crippen LogP contribution in [0.25, 0.3) is 0 Å². The van der Waals surface area contributed by atoms with Crippen LogP contribution in [-0.2, 0) is 15.3 Å². The van der Waals surface area contributed by atoms with Gasteiger partial charge in [-0.25, -0.2) is 4.39 Å². The average molecular weight is 268 g/mol. The lowest BCUT2D eigenvalue weighted by atomic mass is 10.1.